The number of hydrogen-bond donors (Lipinski definition) is 0. The van der Waals surface area contributed by atoms with Crippen LogP contribution in [-0.4, -0.2) is 6.92 Å². The van der Waals surface area contributed by atoms with Gasteiger partial charge < -0.3 is 9.07 Å². The predicted octanol–water partition coefficient (Wildman–Crippen LogP) is 4.25. The van der Waals surface area contributed by atoms with Crippen molar-refractivity contribution >= 4 is 6.92 Å². The molecule has 0 fully saturated rings. The Morgan fingerprint density at radius 2 is 1.87 bits per heavy atom. The second-order valence-corrected chi connectivity index (χ2v) is 3.96. The first-order chi connectivity index (χ1) is 7.36. The molecule has 1 aromatic rings. The first kappa shape index (κ1) is 12.2. The number of rotatable bonds is 8. The molecule has 0 aliphatic heterocycles. The zero-order valence-corrected chi connectivity index (χ0v) is 9.87. The summed E-state index contributed by atoms with van der Waals surface area (Å²) in [5.74, 6) is 0.659. The Balaban J connectivity index is 2.33. The molecule has 0 saturated carbocycles. The van der Waals surface area contributed by atoms with Gasteiger partial charge in [-0.15, -0.1) is 0 Å². The molecule has 0 N–H and O–H groups in total. The lowest BCUT2D eigenvalue weighted by Gasteiger charge is -2.12. The summed E-state index contributed by atoms with van der Waals surface area (Å²) in [6.45, 7) is 4.75. The van der Waals surface area contributed by atoms with Crippen LogP contribution in [0.2, 0.25) is 12.6 Å². The van der Waals surface area contributed by atoms with E-state index in [9.17, 15) is 0 Å². The number of unbranched alkanes of at least 4 members (excludes halogenated alkanes) is 2. The molecule has 1 heterocycles. The predicted molar refractivity (Wildman–Crippen MR) is 64.5 cm³/mol. The van der Waals surface area contributed by atoms with E-state index in [1.165, 1.54) is 25.7 Å². The van der Waals surface area contributed by atoms with E-state index in [-0.39, 0.29) is 0 Å². The van der Waals surface area contributed by atoms with Crippen LogP contribution in [0, 0.1) is 0 Å². The van der Waals surface area contributed by atoms with Crippen LogP contribution >= 0.6 is 0 Å². The fourth-order valence-corrected chi connectivity index (χ4v) is 1.62. The summed E-state index contributed by atoms with van der Waals surface area (Å²) in [4.78, 5) is 0. The summed E-state index contributed by atoms with van der Waals surface area (Å²) in [5, 5.41) is 0. The van der Waals surface area contributed by atoms with E-state index in [1.807, 2.05) is 12.1 Å². The summed E-state index contributed by atoms with van der Waals surface area (Å²) < 4.78 is 11.0. The summed E-state index contributed by atoms with van der Waals surface area (Å²) in [5.41, 5.74) is 0. The van der Waals surface area contributed by atoms with E-state index in [2.05, 4.69) is 13.8 Å². The molecule has 3 heteroatoms. The van der Waals surface area contributed by atoms with Crippen LogP contribution in [0.1, 0.15) is 39.5 Å². The first-order valence-corrected chi connectivity index (χ1v) is 6.07. The lowest BCUT2D eigenvalue weighted by Crippen LogP contribution is -2.21. The van der Waals surface area contributed by atoms with E-state index in [1.54, 1.807) is 6.26 Å². The Labute approximate surface area is 93.1 Å². The molecule has 1 aromatic heterocycles. The maximum Gasteiger partial charge on any atom is 0.361 e. The van der Waals surface area contributed by atoms with Crippen LogP contribution in [0.15, 0.2) is 22.8 Å². The van der Waals surface area contributed by atoms with E-state index in [0.717, 1.165) is 12.6 Å². The van der Waals surface area contributed by atoms with Gasteiger partial charge in [-0.3, -0.25) is 0 Å². The van der Waals surface area contributed by atoms with Gasteiger partial charge in [0.1, 0.15) is 0 Å². The van der Waals surface area contributed by atoms with Crippen LogP contribution in [0.5, 0.6) is 5.95 Å². The molecule has 15 heavy (non-hydrogen) atoms. The normalized spacial score (nSPS) is 10.3. The van der Waals surface area contributed by atoms with Gasteiger partial charge in [0.05, 0.1) is 6.26 Å². The van der Waals surface area contributed by atoms with Crippen molar-refractivity contribution in [2.75, 3.05) is 0 Å². The zero-order valence-electron chi connectivity index (χ0n) is 9.87. The molecule has 0 amide bonds. The highest BCUT2D eigenvalue weighted by Gasteiger charge is 2.17. The van der Waals surface area contributed by atoms with Crippen LogP contribution in [-0.2, 0) is 0 Å². The molecule has 0 saturated heterocycles. The molecule has 84 valence electrons. The van der Waals surface area contributed by atoms with Crippen molar-refractivity contribution in [1.82, 2.24) is 0 Å². The van der Waals surface area contributed by atoms with E-state index in [0.29, 0.717) is 12.9 Å². The molecule has 0 aromatic carbocycles. The van der Waals surface area contributed by atoms with Gasteiger partial charge in [-0.25, -0.2) is 0 Å². The molecule has 0 spiro atoms. The van der Waals surface area contributed by atoms with Crippen molar-refractivity contribution in [3.05, 3.63) is 18.4 Å². The zero-order chi connectivity index (χ0) is 10.9. The molecule has 0 aliphatic rings. The monoisotopic (exact) mass is 208 g/mol. The lowest BCUT2D eigenvalue weighted by molar-refractivity contribution is 0.388. The third kappa shape index (κ3) is 4.96. The summed E-state index contributed by atoms with van der Waals surface area (Å²) in [7, 11) is 0. The van der Waals surface area contributed by atoms with Crippen molar-refractivity contribution in [2.45, 2.75) is 52.2 Å². The molecule has 0 bridgehead atoms. The Kier molecular flexibility index (Phi) is 6.06. The van der Waals surface area contributed by atoms with Gasteiger partial charge in [-0.2, -0.15) is 0 Å². The van der Waals surface area contributed by atoms with Crippen LogP contribution in [0.4, 0.5) is 0 Å². The maximum atomic E-state index is 5.79. The fraction of sp³-hybridized carbons (Fsp3) is 0.667. The van der Waals surface area contributed by atoms with E-state index in [4.69, 9.17) is 9.07 Å². The summed E-state index contributed by atoms with van der Waals surface area (Å²) in [6, 6.07) is 3.75. The second kappa shape index (κ2) is 7.44. The largest absolute Gasteiger partial charge is 0.536 e. The minimum absolute atomic E-state index is 0.330. The third-order valence-electron chi connectivity index (χ3n) is 2.54. The molecule has 0 aliphatic carbocycles. The maximum absolute atomic E-state index is 5.79. The standard InChI is InChI=1S/C12H21BO2/c1-3-5-9-13(10-6-4-2)15-12-8-7-11-14-12/h7-8,11H,3-6,9-10H2,1-2H3. The second-order valence-electron chi connectivity index (χ2n) is 3.96. The molecular formula is C12H21BO2. The molecule has 0 atom stereocenters. The molecular weight excluding hydrogens is 187 g/mol. The van der Waals surface area contributed by atoms with Crippen molar-refractivity contribution in [3.63, 3.8) is 0 Å². The molecule has 1 rings (SSSR count). The van der Waals surface area contributed by atoms with Crippen molar-refractivity contribution < 1.29 is 9.07 Å². The van der Waals surface area contributed by atoms with Gasteiger partial charge >= 0.3 is 6.92 Å². The number of hydrogen-bond acceptors (Lipinski definition) is 2. The van der Waals surface area contributed by atoms with Crippen LogP contribution in [0.3, 0.4) is 0 Å². The SMILES string of the molecule is CCCCB(CCCC)Oc1ccco1. The van der Waals surface area contributed by atoms with Gasteiger partial charge in [0.2, 0.25) is 0 Å². The van der Waals surface area contributed by atoms with Crippen LogP contribution in [0.25, 0.3) is 0 Å². The highest BCUT2D eigenvalue weighted by molar-refractivity contribution is 6.52. The smallest absolute Gasteiger partial charge is 0.361 e. The van der Waals surface area contributed by atoms with E-state index < -0.39 is 0 Å². The average molecular weight is 208 g/mol. The lowest BCUT2D eigenvalue weighted by atomic mass is 9.59. The molecule has 2 nitrogen and oxygen atoms in total. The Morgan fingerprint density at radius 1 is 1.20 bits per heavy atom. The summed E-state index contributed by atoms with van der Waals surface area (Å²) in [6.07, 6.45) is 8.85. The average Bonchev–Trinajstić information content (AvgIpc) is 2.74. The van der Waals surface area contributed by atoms with Gasteiger partial charge in [0, 0.05) is 6.07 Å². The van der Waals surface area contributed by atoms with Crippen molar-refractivity contribution in [1.29, 1.82) is 0 Å². The fourth-order valence-electron chi connectivity index (χ4n) is 1.62. The first-order valence-electron chi connectivity index (χ1n) is 6.07. The Hall–Kier alpha value is -0.855. The Morgan fingerprint density at radius 3 is 2.33 bits per heavy atom. The summed E-state index contributed by atoms with van der Waals surface area (Å²) >= 11 is 0. The topological polar surface area (TPSA) is 22.4 Å². The van der Waals surface area contributed by atoms with Crippen molar-refractivity contribution in [3.8, 4) is 5.95 Å². The molecule has 0 unspecified atom stereocenters. The van der Waals surface area contributed by atoms with Crippen LogP contribution < -0.4 is 4.65 Å². The minimum atomic E-state index is 0.330. The molecule has 0 radical (unpaired) electrons. The minimum Gasteiger partial charge on any atom is -0.536 e. The van der Waals surface area contributed by atoms with Gasteiger partial charge in [0.25, 0.3) is 5.95 Å². The van der Waals surface area contributed by atoms with Crippen molar-refractivity contribution in [2.24, 2.45) is 0 Å². The van der Waals surface area contributed by atoms with E-state index >= 15 is 0 Å². The highest BCUT2D eigenvalue weighted by Crippen LogP contribution is 2.17. The van der Waals surface area contributed by atoms with Gasteiger partial charge in [-0.05, 0) is 18.7 Å². The van der Waals surface area contributed by atoms with Gasteiger partial charge in [-0.1, -0.05) is 39.5 Å². The Bertz CT molecular complexity index is 226. The van der Waals surface area contributed by atoms with Gasteiger partial charge in [0.15, 0.2) is 0 Å². The quantitative estimate of drug-likeness (QED) is 0.596. The number of furan rings is 1. The third-order valence-corrected chi connectivity index (χ3v) is 2.54. The highest BCUT2D eigenvalue weighted by atomic mass is 16.6.